The van der Waals surface area contributed by atoms with Gasteiger partial charge in [0.25, 0.3) is 0 Å². The van der Waals surface area contributed by atoms with Crippen LogP contribution in [-0.2, 0) is 11.2 Å². The van der Waals surface area contributed by atoms with E-state index in [1.807, 2.05) is 13.1 Å². The average Bonchev–Trinajstić information content (AvgIpc) is 2.42. The summed E-state index contributed by atoms with van der Waals surface area (Å²) in [5.74, 6) is 0.842. The van der Waals surface area contributed by atoms with E-state index in [4.69, 9.17) is 14.6 Å². The van der Waals surface area contributed by atoms with Gasteiger partial charge in [-0.05, 0) is 44.1 Å². The van der Waals surface area contributed by atoms with E-state index in [1.54, 1.807) is 12.1 Å². The van der Waals surface area contributed by atoms with E-state index in [9.17, 15) is 4.79 Å². The number of hydrogen-bond acceptors (Lipinski definition) is 4. The van der Waals surface area contributed by atoms with Gasteiger partial charge in [0.1, 0.15) is 11.5 Å². The SMILES string of the molecule is CNCCCOc1ccc(OCC(C)C)cc1CC(=O)O. The Kier molecular flexibility index (Phi) is 7.61. The van der Waals surface area contributed by atoms with Crippen LogP contribution >= 0.6 is 0 Å². The molecule has 0 unspecified atom stereocenters. The zero-order valence-corrected chi connectivity index (χ0v) is 13.0. The van der Waals surface area contributed by atoms with Crippen molar-refractivity contribution >= 4 is 5.97 Å². The minimum atomic E-state index is -0.879. The minimum Gasteiger partial charge on any atom is -0.493 e. The summed E-state index contributed by atoms with van der Waals surface area (Å²) in [6.07, 6.45) is 0.800. The Morgan fingerprint density at radius 3 is 2.71 bits per heavy atom. The van der Waals surface area contributed by atoms with Gasteiger partial charge in [-0.15, -0.1) is 0 Å². The lowest BCUT2D eigenvalue weighted by Crippen LogP contribution is -2.12. The average molecular weight is 295 g/mol. The highest BCUT2D eigenvalue weighted by Gasteiger charge is 2.10. The van der Waals surface area contributed by atoms with Gasteiger partial charge in [-0.25, -0.2) is 0 Å². The van der Waals surface area contributed by atoms with Crippen LogP contribution in [0.15, 0.2) is 18.2 Å². The van der Waals surface area contributed by atoms with Crippen molar-refractivity contribution in [3.8, 4) is 11.5 Å². The third kappa shape index (κ3) is 6.99. The summed E-state index contributed by atoms with van der Waals surface area (Å²) in [7, 11) is 1.89. The molecule has 1 rings (SSSR count). The number of nitrogens with one attached hydrogen (secondary N) is 1. The van der Waals surface area contributed by atoms with Crippen LogP contribution in [0.1, 0.15) is 25.8 Å². The van der Waals surface area contributed by atoms with Gasteiger partial charge >= 0.3 is 5.97 Å². The molecule has 2 N–H and O–H groups in total. The molecule has 0 radical (unpaired) electrons. The summed E-state index contributed by atoms with van der Waals surface area (Å²) < 4.78 is 11.3. The lowest BCUT2D eigenvalue weighted by molar-refractivity contribution is -0.136. The standard InChI is InChI=1S/C16H25NO4/c1-12(2)11-21-14-5-6-15(20-8-4-7-17-3)13(9-14)10-16(18)19/h5-6,9,12,17H,4,7-8,10-11H2,1-3H3,(H,18,19). The molecule has 0 atom stereocenters. The van der Waals surface area contributed by atoms with Crippen molar-refractivity contribution in [1.29, 1.82) is 0 Å². The number of carbonyl (C=O) groups is 1. The lowest BCUT2D eigenvalue weighted by atomic mass is 10.1. The summed E-state index contributed by atoms with van der Waals surface area (Å²) in [5.41, 5.74) is 0.646. The molecule has 5 heteroatoms. The molecule has 0 spiro atoms. The van der Waals surface area contributed by atoms with Crippen LogP contribution in [0.5, 0.6) is 11.5 Å². The topological polar surface area (TPSA) is 67.8 Å². The van der Waals surface area contributed by atoms with Crippen molar-refractivity contribution in [2.24, 2.45) is 5.92 Å². The Morgan fingerprint density at radius 1 is 1.33 bits per heavy atom. The second-order valence-electron chi connectivity index (χ2n) is 5.35. The highest BCUT2D eigenvalue weighted by Crippen LogP contribution is 2.25. The van der Waals surface area contributed by atoms with Crippen LogP contribution in [0.3, 0.4) is 0 Å². The molecule has 0 aliphatic rings. The molecule has 0 amide bonds. The van der Waals surface area contributed by atoms with Gasteiger partial charge in [-0.1, -0.05) is 13.8 Å². The van der Waals surface area contributed by atoms with Crippen LogP contribution in [-0.4, -0.2) is 37.9 Å². The Morgan fingerprint density at radius 2 is 2.10 bits per heavy atom. The molecule has 0 fully saturated rings. The highest BCUT2D eigenvalue weighted by atomic mass is 16.5. The first-order valence-corrected chi connectivity index (χ1v) is 7.27. The number of ether oxygens (including phenoxy) is 2. The van der Waals surface area contributed by atoms with Gasteiger partial charge in [-0.3, -0.25) is 4.79 Å². The molecule has 21 heavy (non-hydrogen) atoms. The predicted molar refractivity (Wildman–Crippen MR) is 82.2 cm³/mol. The number of hydrogen-bond donors (Lipinski definition) is 2. The smallest absolute Gasteiger partial charge is 0.307 e. The second kappa shape index (κ2) is 9.23. The monoisotopic (exact) mass is 295 g/mol. The van der Waals surface area contributed by atoms with Crippen LogP contribution in [0.25, 0.3) is 0 Å². The van der Waals surface area contributed by atoms with E-state index >= 15 is 0 Å². The predicted octanol–water partition coefficient (Wildman–Crippen LogP) is 2.34. The largest absolute Gasteiger partial charge is 0.493 e. The number of benzene rings is 1. The highest BCUT2D eigenvalue weighted by molar-refractivity contribution is 5.71. The summed E-state index contributed by atoms with van der Waals surface area (Å²) >= 11 is 0. The van der Waals surface area contributed by atoms with Crippen LogP contribution in [0.4, 0.5) is 0 Å². The first-order chi connectivity index (χ1) is 10.0. The first-order valence-electron chi connectivity index (χ1n) is 7.27. The Balaban J connectivity index is 2.73. The van der Waals surface area contributed by atoms with Crippen molar-refractivity contribution in [3.05, 3.63) is 23.8 Å². The molecule has 0 aliphatic heterocycles. The van der Waals surface area contributed by atoms with Crippen molar-refractivity contribution in [1.82, 2.24) is 5.32 Å². The quantitative estimate of drug-likeness (QED) is 0.648. The minimum absolute atomic E-state index is 0.0692. The first kappa shape index (κ1) is 17.3. The van der Waals surface area contributed by atoms with E-state index in [0.29, 0.717) is 36.2 Å². The Hall–Kier alpha value is -1.75. The molecule has 1 aromatic rings. The number of carboxylic acid groups (broad SMARTS) is 1. The third-order valence-corrected chi connectivity index (χ3v) is 2.79. The molecule has 5 nitrogen and oxygen atoms in total. The van der Waals surface area contributed by atoms with E-state index in [2.05, 4.69) is 19.2 Å². The fraction of sp³-hybridized carbons (Fsp3) is 0.562. The fourth-order valence-corrected chi connectivity index (χ4v) is 1.78. The van der Waals surface area contributed by atoms with Crippen LogP contribution in [0.2, 0.25) is 0 Å². The fourth-order valence-electron chi connectivity index (χ4n) is 1.78. The van der Waals surface area contributed by atoms with Gasteiger partial charge in [-0.2, -0.15) is 0 Å². The van der Waals surface area contributed by atoms with Gasteiger partial charge in [0.15, 0.2) is 0 Å². The molecular weight excluding hydrogens is 270 g/mol. The summed E-state index contributed by atoms with van der Waals surface area (Å²) in [6.45, 7) is 6.16. The summed E-state index contributed by atoms with van der Waals surface area (Å²) in [6, 6.07) is 5.36. The molecule has 0 saturated heterocycles. The zero-order chi connectivity index (χ0) is 15.7. The van der Waals surface area contributed by atoms with Crippen LogP contribution < -0.4 is 14.8 Å². The molecule has 0 heterocycles. The molecule has 0 aliphatic carbocycles. The third-order valence-electron chi connectivity index (χ3n) is 2.79. The molecule has 0 saturated carbocycles. The Labute approximate surface area is 126 Å². The summed E-state index contributed by atoms with van der Waals surface area (Å²) in [4.78, 5) is 11.0. The van der Waals surface area contributed by atoms with E-state index in [0.717, 1.165) is 13.0 Å². The van der Waals surface area contributed by atoms with Crippen LogP contribution in [0, 0.1) is 5.92 Å². The van der Waals surface area contributed by atoms with E-state index in [1.165, 1.54) is 0 Å². The van der Waals surface area contributed by atoms with Crippen molar-refractivity contribution in [2.75, 3.05) is 26.8 Å². The Bertz CT molecular complexity index is 446. The number of carboxylic acids is 1. The van der Waals surface area contributed by atoms with Gasteiger partial charge in [0, 0.05) is 5.56 Å². The lowest BCUT2D eigenvalue weighted by Gasteiger charge is -2.14. The van der Waals surface area contributed by atoms with Gasteiger partial charge in [0.2, 0.25) is 0 Å². The number of aliphatic carboxylic acids is 1. The van der Waals surface area contributed by atoms with E-state index in [-0.39, 0.29) is 6.42 Å². The van der Waals surface area contributed by atoms with Crippen molar-refractivity contribution in [3.63, 3.8) is 0 Å². The van der Waals surface area contributed by atoms with E-state index < -0.39 is 5.97 Å². The maximum absolute atomic E-state index is 11.0. The molecule has 0 bridgehead atoms. The normalized spacial score (nSPS) is 10.7. The van der Waals surface area contributed by atoms with Gasteiger partial charge < -0.3 is 19.9 Å². The van der Waals surface area contributed by atoms with Crippen molar-refractivity contribution < 1.29 is 19.4 Å². The maximum Gasteiger partial charge on any atom is 0.307 e. The molecular formula is C16H25NO4. The zero-order valence-electron chi connectivity index (χ0n) is 13.0. The molecule has 118 valence electrons. The van der Waals surface area contributed by atoms with Gasteiger partial charge in [0.05, 0.1) is 19.6 Å². The number of rotatable bonds is 10. The molecule has 0 aromatic heterocycles. The van der Waals surface area contributed by atoms with Crippen molar-refractivity contribution in [2.45, 2.75) is 26.7 Å². The molecule has 1 aromatic carbocycles. The second-order valence-corrected chi connectivity index (χ2v) is 5.35. The summed E-state index contributed by atoms with van der Waals surface area (Å²) in [5, 5.41) is 12.0. The maximum atomic E-state index is 11.0.